The number of hydrogen-bond donors (Lipinski definition) is 1. The second-order valence-electron chi connectivity index (χ2n) is 5.49. The van der Waals surface area contributed by atoms with Crippen molar-refractivity contribution in [2.75, 3.05) is 6.61 Å². The van der Waals surface area contributed by atoms with Gasteiger partial charge in [-0.2, -0.15) is 0 Å². The van der Waals surface area contributed by atoms with Crippen molar-refractivity contribution in [2.24, 2.45) is 0 Å². The van der Waals surface area contributed by atoms with Gasteiger partial charge in [0.05, 0.1) is 11.5 Å². The van der Waals surface area contributed by atoms with Crippen LogP contribution in [-0.2, 0) is 16.6 Å². The molecule has 3 aromatic carbocycles. The summed E-state index contributed by atoms with van der Waals surface area (Å²) in [5, 5.41) is 1.44. The molecule has 0 radical (unpaired) electrons. The molecule has 0 saturated carbocycles. The minimum Gasteiger partial charge on any atom is -0.493 e. The van der Waals surface area contributed by atoms with Gasteiger partial charge in [-0.1, -0.05) is 52.3 Å². The van der Waals surface area contributed by atoms with E-state index in [4.69, 9.17) is 4.74 Å². The Morgan fingerprint density at radius 2 is 1.64 bits per heavy atom. The molecule has 0 aliphatic rings. The largest absolute Gasteiger partial charge is 0.493 e. The summed E-state index contributed by atoms with van der Waals surface area (Å²) in [5.74, 6) is 0.685. The molecule has 4 nitrogen and oxygen atoms in total. The molecule has 0 aromatic heterocycles. The Kier molecular flexibility index (Phi) is 5.42. The van der Waals surface area contributed by atoms with Gasteiger partial charge in [-0.25, -0.2) is 13.1 Å². The average Bonchev–Trinajstić information content (AvgIpc) is 2.61. The van der Waals surface area contributed by atoms with Crippen LogP contribution >= 0.6 is 15.9 Å². The molecule has 0 amide bonds. The zero-order chi connectivity index (χ0) is 17.9. The Hall–Kier alpha value is -1.89. The fourth-order valence-corrected chi connectivity index (χ4v) is 4.11. The number of halogens is 1. The molecule has 0 heterocycles. The molecule has 0 aliphatic heterocycles. The van der Waals surface area contributed by atoms with E-state index in [0.717, 1.165) is 15.4 Å². The van der Waals surface area contributed by atoms with Crippen molar-refractivity contribution in [3.63, 3.8) is 0 Å². The van der Waals surface area contributed by atoms with E-state index < -0.39 is 10.0 Å². The molecular formula is C19H18BrNO3S. The smallest absolute Gasteiger partial charge is 0.241 e. The Morgan fingerprint density at radius 3 is 2.32 bits per heavy atom. The molecule has 25 heavy (non-hydrogen) atoms. The summed E-state index contributed by atoms with van der Waals surface area (Å²) in [6, 6.07) is 18.2. The second kappa shape index (κ2) is 7.56. The van der Waals surface area contributed by atoms with Crippen LogP contribution in [0, 0.1) is 0 Å². The lowest BCUT2D eigenvalue weighted by Gasteiger charge is -2.13. The highest BCUT2D eigenvalue weighted by Crippen LogP contribution is 2.31. The molecule has 0 bridgehead atoms. The lowest BCUT2D eigenvalue weighted by Crippen LogP contribution is -2.23. The van der Waals surface area contributed by atoms with Crippen molar-refractivity contribution < 1.29 is 13.2 Å². The van der Waals surface area contributed by atoms with E-state index in [-0.39, 0.29) is 11.4 Å². The van der Waals surface area contributed by atoms with Gasteiger partial charge in [-0.15, -0.1) is 0 Å². The normalized spacial score (nSPS) is 11.6. The number of ether oxygens (including phenoxy) is 1. The zero-order valence-electron chi connectivity index (χ0n) is 13.7. The van der Waals surface area contributed by atoms with Gasteiger partial charge in [0.15, 0.2) is 0 Å². The molecule has 0 spiro atoms. The fourth-order valence-electron chi connectivity index (χ4n) is 2.62. The predicted octanol–water partition coefficient (Wildman–Crippen LogP) is 4.48. The molecule has 0 fully saturated rings. The Morgan fingerprint density at radius 1 is 0.960 bits per heavy atom. The van der Waals surface area contributed by atoms with Gasteiger partial charge in [-0.05, 0) is 36.8 Å². The zero-order valence-corrected chi connectivity index (χ0v) is 16.1. The van der Waals surface area contributed by atoms with Gasteiger partial charge in [0.1, 0.15) is 5.75 Å². The van der Waals surface area contributed by atoms with E-state index in [2.05, 4.69) is 20.7 Å². The average molecular weight is 420 g/mol. The van der Waals surface area contributed by atoms with Crippen molar-refractivity contribution in [3.05, 3.63) is 70.7 Å². The third-order valence-electron chi connectivity index (χ3n) is 3.81. The first-order valence-corrected chi connectivity index (χ1v) is 10.2. The van der Waals surface area contributed by atoms with Gasteiger partial charge in [0, 0.05) is 21.8 Å². The molecule has 0 aliphatic carbocycles. The van der Waals surface area contributed by atoms with E-state index in [9.17, 15) is 8.42 Å². The second-order valence-corrected chi connectivity index (χ2v) is 8.14. The highest BCUT2D eigenvalue weighted by Gasteiger charge is 2.18. The molecule has 3 rings (SSSR count). The van der Waals surface area contributed by atoms with Crippen LogP contribution in [0.5, 0.6) is 5.75 Å². The molecule has 1 N–H and O–H groups in total. The van der Waals surface area contributed by atoms with Crippen molar-refractivity contribution in [2.45, 2.75) is 18.4 Å². The highest BCUT2D eigenvalue weighted by molar-refractivity contribution is 9.10. The van der Waals surface area contributed by atoms with Crippen LogP contribution in [0.25, 0.3) is 10.8 Å². The van der Waals surface area contributed by atoms with E-state index in [0.29, 0.717) is 17.7 Å². The third-order valence-corrected chi connectivity index (χ3v) is 5.80. The van der Waals surface area contributed by atoms with E-state index in [1.54, 1.807) is 18.2 Å². The van der Waals surface area contributed by atoms with Gasteiger partial charge in [0.25, 0.3) is 0 Å². The molecule has 0 saturated heterocycles. The van der Waals surface area contributed by atoms with Crippen molar-refractivity contribution in [3.8, 4) is 5.75 Å². The number of sulfonamides is 1. The van der Waals surface area contributed by atoms with Gasteiger partial charge < -0.3 is 4.74 Å². The summed E-state index contributed by atoms with van der Waals surface area (Å²) in [5.41, 5.74) is 0.891. The van der Waals surface area contributed by atoms with Crippen molar-refractivity contribution >= 4 is 36.7 Å². The molecule has 0 unspecified atom stereocenters. The first-order valence-electron chi connectivity index (χ1n) is 7.90. The molecule has 130 valence electrons. The minimum atomic E-state index is -3.64. The van der Waals surface area contributed by atoms with Gasteiger partial charge in [-0.3, -0.25) is 0 Å². The lowest BCUT2D eigenvalue weighted by atomic mass is 10.1. The monoisotopic (exact) mass is 419 g/mol. The van der Waals surface area contributed by atoms with Crippen LogP contribution in [0.4, 0.5) is 0 Å². The summed E-state index contributed by atoms with van der Waals surface area (Å²) >= 11 is 3.37. The Balaban J connectivity index is 1.94. The fraction of sp³-hybridized carbons (Fsp3) is 0.158. The Bertz CT molecular complexity index is 985. The standard InChI is InChI=1S/C19H18BrNO3S/c1-2-24-18-11-12-19(17-6-4-3-5-16(17)18)25(22,23)21-13-14-7-9-15(20)10-8-14/h3-12,21H,2,13H2,1H3. The van der Waals surface area contributed by atoms with Gasteiger partial charge in [0.2, 0.25) is 10.0 Å². The number of hydrogen-bond acceptors (Lipinski definition) is 3. The van der Waals surface area contributed by atoms with Crippen LogP contribution in [0.15, 0.2) is 70.0 Å². The summed E-state index contributed by atoms with van der Waals surface area (Å²) in [4.78, 5) is 0.253. The van der Waals surface area contributed by atoms with Crippen LogP contribution in [-0.4, -0.2) is 15.0 Å². The third kappa shape index (κ3) is 4.03. The first-order chi connectivity index (χ1) is 12.0. The SMILES string of the molecule is CCOc1ccc(S(=O)(=O)NCc2ccc(Br)cc2)c2ccccc12. The number of rotatable bonds is 6. The molecular weight excluding hydrogens is 402 g/mol. The highest BCUT2D eigenvalue weighted by atomic mass is 79.9. The maximum Gasteiger partial charge on any atom is 0.241 e. The molecule has 0 atom stereocenters. The maximum absolute atomic E-state index is 12.8. The summed E-state index contributed by atoms with van der Waals surface area (Å²) in [6.45, 7) is 2.66. The predicted molar refractivity (Wildman–Crippen MR) is 103 cm³/mol. The first kappa shape index (κ1) is 17.9. The number of fused-ring (bicyclic) bond motifs is 1. The van der Waals surface area contributed by atoms with Crippen LogP contribution in [0.1, 0.15) is 12.5 Å². The molecule has 3 aromatic rings. The minimum absolute atomic E-state index is 0.233. The number of nitrogens with one attached hydrogen (secondary N) is 1. The number of benzene rings is 3. The van der Waals surface area contributed by atoms with E-state index in [1.807, 2.05) is 49.4 Å². The summed E-state index contributed by atoms with van der Waals surface area (Å²) in [6.07, 6.45) is 0. The van der Waals surface area contributed by atoms with Crippen LogP contribution in [0.2, 0.25) is 0 Å². The lowest BCUT2D eigenvalue weighted by molar-refractivity contribution is 0.344. The van der Waals surface area contributed by atoms with E-state index in [1.165, 1.54) is 0 Å². The molecule has 6 heteroatoms. The maximum atomic E-state index is 12.8. The van der Waals surface area contributed by atoms with Gasteiger partial charge >= 0.3 is 0 Å². The van der Waals surface area contributed by atoms with E-state index >= 15 is 0 Å². The van der Waals surface area contributed by atoms with Crippen LogP contribution < -0.4 is 9.46 Å². The topological polar surface area (TPSA) is 55.4 Å². The van der Waals surface area contributed by atoms with Crippen molar-refractivity contribution in [1.29, 1.82) is 0 Å². The Labute approximate surface area is 156 Å². The summed E-state index contributed by atoms with van der Waals surface area (Å²) < 4.78 is 34.8. The van der Waals surface area contributed by atoms with Crippen molar-refractivity contribution in [1.82, 2.24) is 4.72 Å². The van der Waals surface area contributed by atoms with Crippen LogP contribution in [0.3, 0.4) is 0 Å². The quantitative estimate of drug-likeness (QED) is 0.640. The summed E-state index contributed by atoms with van der Waals surface area (Å²) in [7, 11) is -3.64.